The topological polar surface area (TPSA) is 25.9 Å². The van der Waals surface area contributed by atoms with E-state index >= 15 is 0 Å². The van der Waals surface area contributed by atoms with Gasteiger partial charge in [0.05, 0.1) is 0 Å². The molecule has 4 rings (SSSR count). The number of hydrogen-bond acceptors (Lipinski definition) is 5. The molecule has 0 amide bonds. The van der Waals surface area contributed by atoms with Gasteiger partial charge in [-0.2, -0.15) is 0 Å². The van der Waals surface area contributed by atoms with Crippen LogP contribution < -0.4 is 4.90 Å². The number of nitrogens with zero attached hydrogens (tertiary/aromatic N) is 5. The summed E-state index contributed by atoms with van der Waals surface area (Å²) in [7, 11) is 2.25. The predicted molar refractivity (Wildman–Crippen MR) is 103 cm³/mol. The smallest absolute Gasteiger partial charge is 0.128 e. The molecule has 0 atom stereocenters. The lowest BCUT2D eigenvalue weighted by atomic mass is 9.98. The van der Waals surface area contributed by atoms with Gasteiger partial charge >= 0.3 is 0 Å². The number of aryl methyl sites for hydroxylation is 1. The zero-order valence-electron chi connectivity index (χ0n) is 15.9. The standard InChI is InChI=1S/C20H33N5/c1-17-3-4-20(21-13-17)25-15-18(16-25)14-23-9-11-24(12-10-23)19-5-7-22(2)8-6-19/h3-4,13,18-19H,5-12,14-16H2,1-2H3. The molecule has 4 heterocycles. The summed E-state index contributed by atoms with van der Waals surface area (Å²) in [5, 5.41) is 0. The number of pyridine rings is 1. The van der Waals surface area contributed by atoms with Crippen LogP contribution in [0.4, 0.5) is 5.82 Å². The number of anilines is 1. The summed E-state index contributed by atoms with van der Waals surface area (Å²) >= 11 is 0. The van der Waals surface area contributed by atoms with Crippen LogP contribution in [0.15, 0.2) is 18.3 Å². The van der Waals surface area contributed by atoms with Gasteiger partial charge in [0.15, 0.2) is 0 Å². The van der Waals surface area contributed by atoms with Crippen LogP contribution in [0.2, 0.25) is 0 Å². The van der Waals surface area contributed by atoms with Crippen molar-refractivity contribution in [2.24, 2.45) is 5.92 Å². The van der Waals surface area contributed by atoms with Crippen molar-refractivity contribution in [3.8, 4) is 0 Å². The largest absolute Gasteiger partial charge is 0.356 e. The third-order valence-electron chi connectivity index (χ3n) is 6.30. The molecule has 0 aliphatic carbocycles. The van der Waals surface area contributed by atoms with E-state index in [9.17, 15) is 0 Å². The second-order valence-corrected chi connectivity index (χ2v) is 8.34. The molecule has 0 radical (unpaired) electrons. The number of piperidine rings is 1. The first-order chi connectivity index (χ1) is 12.2. The zero-order valence-corrected chi connectivity index (χ0v) is 15.9. The van der Waals surface area contributed by atoms with E-state index in [1.807, 2.05) is 6.20 Å². The second kappa shape index (κ2) is 7.60. The number of hydrogen-bond donors (Lipinski definition) is 0. The average molecular weight is 344 g/mol. The first kappa shape index (κ1) is 17.3. The molecule has 1 aromatic rings. The summed E-state index contributed by atoms with van der Waals surface area (Å²) in [6.45, 7) is 13.3. The molecule has 1 aromatic heterocycles. The summed E-state index contributed by atoms with van der Waals surface area (Å²) in [5.41, 5.74) is 1.24. The molecule has 5 nitrogen and oxygen atoms in total. The van der Waals surface area contributed by atoms with Crippen molar-refractivity contribution in [3.05, 3.63) is 23.9 Å². The minimum Gasteiger partial charge on any atom is -0.356 e. The van der Waals surface area contributed by atoms with Gasteiger partial charge in [-0.15, -0.1) is 0 Å². The Kier molecular flexibility index (Phi) is 5.25. The van der Waals surface area contributed by atoms with Crippen LogP contribution in [0.1, 0.15) is 18.4 Å². The van der Waals surface area contributed by atoms with Gasteiger partial charge in [-0.1, -0.05) is 6.07 Å². The fourth-order valence-corrected chi connectivity index (χ4v) is 4.56. The van der Waals surface area contributed by atoms with Crippen molar-refractivity contribution in [2.75, 3.05) is 70.9 Å². The Morgan fingerprint density at radius 3 is 2.36 bits per heavy atom. The van der Waals surface area contributed by atoms with Crippen molar-refractivity contribution in [1.29, 1.82) is 0 Å². The lowest BCUT2D eigenvalue weighted by Gasteiger charge is -2.46. The summed E-state index contributed by atoms with van der Waals surface area (Å²) in [4.78, 5) is 14.9. The van der Waals surface area contributed by atoms with E-state index in [0.717, 1.165) is 17.8 Å². The van der Waals surface area contributed by atoms with E-state index < -0.39 is 0 Å². The van der Waals surface area contributed by atoms with Gasteiger partial charge in [0.1, 0.15) is 5.82 Å². The van der Waals surface area contributed by atoms with Gasteiger partial charge in [0.2, 0.25) is 0 Å². The van der Waals surface area contributed by atoms with Crippen LogP contribution in [0, 0.1) is 12.8 Å². The Bertz CT molecular complexity index is 538. The summed E-state index contributed by atoms with van der Waals surface area (Å²) in [5.74, 6) is 1.96. The van der Waals surface area contributed by atoms with E-state index in [0.29, 0.717) is 0 Å². The number of likely N-dealkylation sites (tertiary alicyclic amines) is 1. The lowest BCUT2D eigenvalue weighted by molar-refractivity contribution is 0.0563. The van der Waals surface area contributed by atoms with Gasteiger partial charge < -0.3 is 14.7 Å². The highest BCUT2D eigenvalue weighted by Gasteiger charge is 2.31. The van der Waals surface area contributed by atoms with Crippen LogP contribution in [-0.4, -0.2) is 91.7 Å². The highest BCUT2D eigenvalue weighted by Crippen LogP contribution is 2.24. The summed E-state index contributed by atoms with van der Waals surface area (Å²) < 4.78 is 0. The molecular formula is C20H33N5. The third-order valence-corrected chi connectivity index (χ3v) is 6.30. The Morgan fingerprint density at radius 1 is 1.00 bits per heavy atom. The predicted octanol–water partition coefficient (Wildman–Crippen LogP) is 1.54. The summed E-state index contributed by atoms with van der Waals surface area (Å²) in [6, 6.07) is 5.16. The van der Waals surface area contributed by atoms with Crippen LogP contribution in [0.5, 0.6) is 0 Å². The van der Waals surface area contributed by atoms with Crippen LogP contribution in [0.3, 0.4) is 0 Å². The molecule has 0 bridgehead atoms. The highest BCUT2D eigenvalue weighted by molar-refractivity contribution is 5.42. The van der Waals surface area contributed by atoms with Crippen LogP contribution in [0.25, 0.3) is 0 Å². The molecule has 0 N–H and O–H groups in total. The number of aromatic nitrogens is 1. The molecule has 3 fully saturated rings. The molecule has 3 aliphatic heterocycles. The fourth-order valence-electron chi connectivity index (χ4n) is 4.56. The van der Waals surface area contributed by atoms with E-state index in [4.69, 9.17) is 0 Å². The molecule has 0 saturated carbocycles. The van der Waals surface area contributed by atoms with Crippen molar-refractivity contribution in [2.45, 2.75) is 25.8 Å². The van der Waals surface area contributed by atoms with Crippen molar-refractivity contribution < 1.29 is 0 Å². The molecule has 25 heavy (non-hydrogen) atoms. The van der Waals surface area contributed by atoms with E-state index in [1.54, 1.807) is 0 Å². The maximum Gasteiger partial charge on any atom is 0.128 e. The Morgan fingerprint density at radius 2 is 1.72 bits per heavy atom. The Labute approximate surface area is 152 Å². The molecule has 0 aromatic carbocycles. The first-order valence-electron chi connectivity index (χ1n) is 10.00. The molecule has 3 saturated heterocycles. The number of piperazine rings is 1. The summed E-state index contributed by atoms with van der Waals surface area (Å²) in [6.07, 6.45) is 4.69. The minimum atomic E-state index is 0.818. The van der Waals surface area contributed by atoms with E-state index in [-0.39, 0.29) is 0 Å². The molecular weight excluding hydrogens is 310 g/mol. The zero-order chi connectivity index (χ0) is 17.2. The van der Waals surface area contributed by atoms with E-state index in [1.165, 1.54) is 77.3 Å². The van der Waals surface area contributed by atoms with Gasteiger partial charge in [-0.25, -0.2) is 4.98 Å². The van der Waals surface area contributed by atoms with Crippen LogP contribution in [-0.2, 0) is 0 Å². The van der Waals surface area contributed by atoms with Crippen molar-refractivity contribution >= 4 is 5.82 Å². The highest BCUT2D eigenvalue weighted by atomic mass is 15.3. The molecule has 5 heteroatoms. The fraction of sp³-hybridized carbons (Fsp3) is 0.750. The van der Waals surface area contributed by atoms with Crippen molar-refractivity contribution in [3.63, 3.8) is 0 Å². The van der Waals surface area contributed by atoms with Gasteiger partial charge in [0, 0.05) is 64.0 Å². The van der Waals surface area contributed by atoms with E-state index in [2.05, 4.69) is 50.7 Å². The minimum absolute atomic E-state index is 0.818. The molecule has 138 valence electrons. The Balaban J connectivity index is 1.17. The monoisotopic (exact) mass is 343 g/mol. The van der Waals surface area contributed by atoms with Gasteiger partial charge in [-0.3, -0.25) is 4.90 Å². The Hall–Kier alpha value is -1.17. The van der Waals surface area contributed by atoms with Crippen molar-refractivity contribution in [1.82, 2.24) is 19.7 Å². The molecule has 3 aliphatic rings. The quantitative estimate of drug-likeness (QED) is 0.826. The SMILES string of the molecule is Cc1ccc(N2CC(CN3CCN(C4CCN(C)CC4)CC3)C2)nc1. The third kappa shape index (κ3) is 4.15. The first-order valence-corrected chi connectivity index (χ1v) is 10.00. The molecule has 0 unspecified atom stereocenters. The van der Waals surface area contributed by atoms with Gasteiger partial charge in [-0.05, 0) is 51.5 Å². The normalized spacial score (nSPS) is 25.3. The maximum atomic E-state index is 4.55. The van der Waals surface area contributed by atoms with Crippen LogP contribution >= 0.6 is 0 Å². The maximum absolute atomic E-state index is 4.55. The van der Waals surface area contributed by atoms with Gasteiger partial charge in [0.25, 0.3) is 0 Å². The molecule has 0 spiro atoms. The second-order valence-electron chi connectivity index (χ2n) is 8.34. The number of rotatable bonds is 4. The lowest BCUT2D eigenvalue weighted by Crippen LogP contribution is -2.57. The average Bonchev–Trinajstić information content (AvgIpc) is 2.60.